The Morgan fingerprint density at radius 2 is 1.57 bits per heavy atom. The molecule has 1 unspecified atom stereocenters. The molecule has 0 spiro atoms. The van der Waals surface area contributed by atoms with Crippen LogP contribution in [0.3, 0.4) is 0 Å². The molecule has 1 aliphatic rings. The summed E-state index contributed by atoms with van der Waals surface area (Å²) < 4.78 is 11.5. The highest BCUT2D eigenvalue weighted by Gasteiger charge is 2.26. The van der Waals surface area contributed by atoms with E-state index in [-0.39, 0.29) is 5.60 Å². The van der Waals surface area contributed by atoms with Crippen LogP contribution in [0.25, 0.3) is 0 Å². The number of rotatable bonds is 6. The van der Waals surface area contributed by atoms with Crippen LogP contribution in [0.2, 0.25) is 0 Å². The van der Waals surface area contributed by atoms with Crippen LogP contribution in [0, 0.1) is 6.42 Å². The smallest absolute Gasteiger partial charge is 0.127 e. The van der Waals surface area contributed by atoms with Gasteiger partial charge in [0.25, 0.3) is 0 Å². The Balaban J connectivity index is 1.59. The van der Waals surface area contributed by atoms with E-state index in [0.29, 0.717) is 0 Å². The predicted octanol–water partition coefficient (Wildman–Crippen LogP) is 5.13. The topological polar surface area (TPSA) is 18.5 Å². The Labute approximate surface area is 138 Å². The van der Waals surface area contributed by atoms with Crippen LogP contribution in [-0.4, -0.2) is 12.7 Å². The number of hydrogen-bond donors (Lipinski definition) is 0. The van der Waals surface area contributed by atoms with E-state index in [2.05, 4.69) is 24.6 Å². The van der Waals surface area contributed by atoms with Gasteiger partial charge in [-0.1, -0.05) is 54.6 Å². The maximum Gasteiger partial charge on any atom is 0.127 e. The molecule has 0 aromatic heterocycles. The Hall–Kier alpha value is -2.32. The predicted molar refractivity (Wildman–Crippen MR) is 93.6 cm³/mol. The van der Waals surface area contributed by atoms with Crippen LogP contribution in [0.4, 0.5) is 0 Å². The molecule has 2 aromatic rings. The molecular formula is C21H21O2. The van der Waals surface area contributed by atoms with Crippen molar-refractivity contribution in [3.63, 3.8) is 0 Å². The lowest BCUT2D eigenvalue weighted by molar-refractivity contribution is 0.0559. The number of benzene rings is 2. The van der Waals surface area contributed by atoms with Gasteiger partial charge < -0.3 is 9.47 Å². The van der Waals surface area contributed by atoms with E-state index in [1.165, 1.54) is 5.56 Å². The van der Waals surface area contributed by atoms with E-state index >= 15 is 0 Å². The summed E-state index contributed by atoms with van der Waals surface area (Å²) >= 11 is 0. The third-order valence-electron chi connectivity index (χ3n) is 4.07. The molecule has 0 N–H and O–H groups in total. The number of allylic oxidation sites excluding steroid dienone is 2. The Kier molecular flexibility index (Phi) is 4.94. The first-order valence-corrected chi connectivity index (χ1v) is 7.87. The summed E-state index contributed by atoms with van der Waals surface area (Å²) in [5, 5.41) is 0. The molecule has 0 saturated heterocycles. The van der Waals surface area contributed by atoms with Gasteiger partial charge in [0, 0.05) is 13.5 Å². The number of methoxy groups -OCH3 is 1. The van der Waals surface area contributed by atoms with Gasteiger partial charge in [-0.05, 0) is 42.7 Å². The van der Waals surface area contributed by atoms with E-state index < -0.39 is 0 Å². The fourth-order valence-corrected chi connectivity index (χ4v) is 2.65. The molecule has 23 heavy (non-hydrogen) atoms. The number of ether oxygens (including phenoxy) is 2. The first-order chi connectivity index (χ1) is 11.3. The molecule has 1 aliphatic carbocycles. The maximum atomic E-state index is 5.82. The van der Waals surface area contributed by atoms with Gasteiger partial charge >= 0.3 is 0 Å². The molecule has 0 heterocycles. The SMILES string of the molecule is COC1(CCc2ccc(Oc3ccccc3)cc2)[CH]C=CC=C1. The van der Waals surface area contributed by atoms with Crippen molar-refractivity contribution in [2.45, 2.75) is 18.4 Å². The van der Waals surface area contributed by atoms with Crippen LogP contribution in [0.5, 0.6) is 11.5 Å². The maximum absolute atomic E-state index is 5.82. The van der Waals surface area contributed by atoms with Gasteiger partial charge in [-0.3, -0.25) is 0 Å². The van der Waals surface area contributed by atoms with Crippen LogP contribution in [0.15, 0.2) is 78.9 Å². The summed E-state index contributed by atoms with van der Waals surface area (Å²) in [5.41, 5.74) is 0.992. The zero-order valence-electron chi connectivity index (χ0n) is 13.3. The highest BCUT2D eigenvalue weighted by atomic mass is 16.5. The summed E-state index contributed by atoms with van der Waals surface area (Å²) in [7, 11) is 1.76. The molecule has 2 nitrogen and oxygen atoms in total. The van der Waals surface area contributed by atoms with E-state index in [4.69, 9.17) is 9.47 Å². The molecule has 117 valence electrons. The lowest BCUT2D eigenvalue weighted by atomic mass is 9.88. The summed E-state index contributed by atoms with van der Waals surface area (Å²) in [5.74, 6) is 1.71. The minimum absolute atomic E-state index is 0.284. The number of hydrogen-bond acceptors (Lipinski definition) is 2. The molecular weight excluding hydrogens is 284 g/mol. The molecule has 2 heteroatoms. The zero-order chi connectivity index (χ0) is 16.0. The second-order valence-corrected chi connectivity index (χ2v) is 5.63. The van der Waals surface area contributed by atoms with E-state index in [1.54, 1.807) is 7.11 Å². The summed E-state index contributed by atoms with van der Waals surface area (Å²) in [6, 6.07) is 18.1. The number of aryl methyl sites for hydroxylation is 1. The number of para-hydroxylation sites is 1. The van der Waals surface area contributed by atoms with Gasteiger partial charge in [0.2, 0.25) is 0 Å². The van der Waals surface area contributed by atoms with Crippen molar-refractivity contribution in [2.75, 3.05) is 7.11 Å². The summed E-state index contributed by atoms with van der Waals surface area (Å²) in [6.45, 7) is 0. The van der Waals surface area contributed by atoms with Gasteiger partial charge in [0.15, 0.2) is 0 Å². The minimum atomic E-state index is -0.284. The van der Waals surface area contributed by atoms with E-state index in [9.17, 15) is 0 Å². The quantitative estimate of drug-likeness (QED) is 0.737. The van der Waals surface area contributed by atoms with Gasteiger partial charge in [-0.15, -0.1) is 0 Å². The van der Waals surface area contributed by atoms with Crippen LogP contribution >= 0.6 is 0 Å². The Morgan fingerprint density at radius 1 is 0.826 bits per heavy atom. The normalized spacial score (nSPS) is 19.7. The average Bonchev–Trinajstić information content (AvgIpc) is 2.63. The molecule has 3 rings (SSSR count). The average molecular weight is 305 g/mol. The standard InChI is InChI=1S/C21H21O2/c1-22-21(15-6-3-7-16-21)17-14-18-10-12-20(13-11-18)23-19-8-4-2-5-9-19/h2-13,15-16H,14,17H2,1H3. The monoisotopic (exact) mass is 305 g/mol. The Morgan fingerprint density at radius 3 is 2.22 bits per heavy atom. The van der Waals surface area contributed by atoms with Crippen molar-refractivity contribution < 1.29 is 9.47 Å². The van der Waals surface area contributed by atoms with Crippen molar-refractivity contribution in [1.29, 1.82) is 0 Å². The molecule has 1 atom stereocenters. The second kappa shape index (κ2) is 7.30. The molecule has 0 saturated carbocycles. The van der Waals surface area contributed by atoms with Gasteiger partial charge in [0.05, 0.1) is 5.60 Å². The van der Waals surface area contributed by atoms with Crippen molar-refractivity contribution in [2.24, 2.45) is 0 Å². The lowest BCUT2D eigenvalue weighted by Gasteiger charge is -2.29. The van der Waals surface area contributed by atoms with Crippen LogP contribution in [-0.2, 0) is 11.2 Å². The Bertz CT molecular complexity index is 671. The van der Waals surface area contributed by atoms with Crippen LogP contribution < -0.4 is 4.74 Å². The molecule has 0 bridgehead atoms. The van der Waals surface area contributed by atoms with E-state index in [0.717, 1.165) is 24.3 Å². The largest absolute Gasteiger partial charge is 0.457 e. The zero-order valence-corrected chi connectivity index (χ0v) is 13.3. The van der Waals surface area contributed by atoms with Crippen molar-refractivity contribution >= 4 is 0 Å². The highest BCUT2D eigenvalue weighted by Crippen LogP contribution is 2.27. The van der Waals surface area contributed by atoms with E-state index in [1.807, 2.05) is 60.7 Å². The third kappa shape index (κ3) is 4.11. The summed E-state index contributed by atoms with van der Waals surface area (Å²) in [6.07, 6.45) is 12.2. The molecule has 0 fully saturated rings. The van der Waals surface area contributed by atoms with Gasteiger partial charge in [-0.2, -0.15) is 0 Å². The van der Waals surface area contributed by atoms with Gasteiger partial charge in [0.1, 0.15) is 11.5 Å². The van der Waals surface area contributed by atoms with Crippen molar-refractivity contribution in [3.05, 3.63) is 90.9 Å². The lowest BCUT2D eigenvalue weighted by Crippen LogP contribution is -2.30. The molecule has 0 amide bonds. The molecule has 1 radical (unpaired) electrons. The second-order valence-electron chi connectivity index (χ2n) is 5.63. The molecule has 0 aliphatic heterocycles. The van der Waals surface area contributed by atoms with Crippen molar-refractivity contribution in [3.8, 4) is 11.5 Å². The fourth-order valence-electron chi connectivity index (χ4n) is 2.65. The molecule has 2 aromatic carbocycles. The first kappa shape index (κ1) is 15.6. The van der Waals surface area contributed by atoms with Crippen LogP contribution in [0.1, 0.15) is 12.0 Å². The van der Waals surface area contributed by atoms with Gasteiger partial charge in [-0.25, -0.2) is 0 Å². The summed E-state index contributed by atoms with van der Waals surface area (Å²) in [4.78, 5) is 0. The minimum Gasteiger partial charge on any atom is -0.457 e. The fraction of sp³-hybridized carbons (Fsp3) is 0.190. The first-order valence-electron chi connectivity index (χ1n) is 7.87. The third-order valence-corrected chi connectivity index (χ3v) is 4.07. The van der Waals surface area contributed by atoms with Crippen molar-refractivity contribution in [1.82, 2.24) is 0 Å². The highest BCUT2D eigenvalue weighted by molar-refractivity contribution is 5.34.